The Hall–Kier alpha value is -3.90. The predicted octanol–water partition coefficient (Wildman–Crippen LogP) is 8.79. The van der Waals surface area contributed by atoms with Gasteiger partial charge in [-0.05, 0) is 67.6 Å². The van der Waals surface area contributed by atoms with Gasteiger partial charge in [-0.15, -0.1) is 0 Å². The number of rotatable bonds is 2. The first-order chi connectivity index (χ1) is 15.3. The quantitative estimate of drug-likeness (QED) is 0.257. The van der Waals surface area contributed by atoms with E-state index in [1.807, 2.05) is 0 Å². The molecule has 0 atom stereocenters. The van der Waals surface area contributed by atoms with Crippen molar-refractivity contribution in [3.63, 3.8) is 0 Å². The predicted molar refractivity (Wildman–Crippen MR) is 135 cm³/mol. The zero-order valence-electron chi connectivity index (χ0n) is 17.5. The molecule has 0 saturated carbocycles. The third kappa shape index (κ3) is 3.00. The summed E-state index contributed by atoms with van der Waals surface area (Å²) < 4.78 is 0. The van der Waals surface area contributed by atoms with Crippen LogP contribution >= 0.6 is 0 Å². The third-order valence-corrected chi connectivity index (χ3v) is 6.35. The van der Waals surface area contributed by atoms with E-state index in [1.54, 1.807) is 0 Å². The monoisotopic (exact) mass is 394 g/mol. The van der Waals surface area contributed by atoms with E-state index >= 15 is 0 Å². The van der Waals surface area contributed by atoms with Crippen LogP contribution < -0.4 is 0 Å². The molecule has 0 unspecified atom stereocenters. The molecule has 0 spiro atoms. The lowest BCUT2D eigenvalue weighted by atomic mass is 9.92. The van der Waals surface area contributed by atoms with Crippen molar-refractivity contribution in [1.29, 1.82) is 0 Å². The second kappa shape index (κ2) is 7.11. The maximum atomic E-state index is 2.35. The number of benzene rings is 6. The normalized spacial score (nSPS) is 11.4. The zero-order valence-corrected chi connectivity index (χ0v) is 17.5. The minimum absolute atomic E-state index is 1.25. The molecule has 0 radical (unpaired) electrons. The van der Waals surface area contributed by atoms with Crippen LogP contribution in [0, 0.1) is 6.92 Å². The van der Waals surface area contributed by atoms with Gasteiger partial charge < -0.3 is 0 Å². The lowest BCUT2D eigenvalue weighted by molar-refractivity contribution is 1.47. The Morgan fingerprint density at radius 2 is 0.677 bits per heavy atom. The topological polar surface area (TPSA) is 0 Å². The van der Waals surface area contributed by atoms with Crippen LogP contribution in [-0.2, 0) is 0 Å². The molecule has 6 rings (SSSR count). The second-order valence-electron chi connectivity index (χ2n) is 8.29. The second-order valence-corrected chi connectivity index (χ2v) is 8.29. The van der Waals surface area contributed by atoms with Crippen LogP contribution in [0.4, 0.5) is 0 Å². The molecular formula is C31H22. The SMILES string of the molecule is Cc1ccc(-c2ccc(-c3ccc4c5ccccc5c5ccccc5c4c3)cc2)cc1. The van der Waals surface area contributed by atoms with Crippen LogP contribution in [0.3, 0.4) is 0 Å². The van der Waals surface area contributed by atoms with Crippen molar-refractivity contribution in [2.75, 3.05) is 0 Å². The fourth-order valence-electron chi connectivity index (χ4n) is 4.69. The molecule has 0 aromatic heterocycles. The van der Waals surface area contributed by atoms with Gasteiger partial charge in [0.05, 0.1) is 0 Å². The molecule has 0 nitrogen and oxygen atoms in total. The van der Waals surface area contributed by atoms with Crippen molar-refractivity contribution in [3.05, 3.63) is 121 Å². The highest BCUT2D eigenvalue weighted by Gasteiger charge is 2.09. The third-order valence-electron chi connectivity index (χ3n) is 6.35. The minimum atomic E-state index is 1.25. The summed E-state index contributed by atoms with van der Waals surface area (Å²) in [7, 11) is 0. The summed E-state index contributed by atoms with van der Waals surface area (Å²) in [5.41, 5.74) is 6.30. The van der Waals surface area contributed by atoms with Gasteiger partial charge in [0.15, 0.2) is 0 Å². The molecule has 0 bridgehead atoms. The number of fused-ring (bicyclic) bond motifs is 6. The molecule has 6 aromatic carbocycles. The zero-order chi connectivity index (χ0) is 20.8. The Bertz CT molecular complexity index is 1520. The van der Waals surface area contributed by atoms with E-state index in [0.29, 0.717) is 0 Å². The Balaban J connectivity index is 1.52. The van der Waals surface area contributed by atoms with E-state index in [9.17, 15) is 0 Å². The molecule has 0 amide bonds. The smallest absolute Gasteiger partial charge is 0.00928 e. The van der Waals surface area contributed by atoms with Gasteiger partial charge in [-0.1, -0.05) is 115 Å². The summed E-state index contributed by atoms with van der Waals surface area (Å²) in [6, 6.07) is 42.0. The standard InChI is InChI=1S/C31H22/c1-21-10-12-22(13-11-21)23-14-16-24(17-15-23)25-18-19-30-28-8-3-2-6-26(28)27-7-4-5-9-29(27)31(30)20-25/h2-20H,1H3. The Kier molecular flexibility index (Phi) is 4.11. The number of hydrogen-bond acceptors (Lipinski definition) is 0. The van der Waals surface area contributed by atoms with Gasteiger partial charge in [0.1, 0.15) is 0 Å². The average Bonchev–Trinajstić information content (AvgIpc) is 2.84. The van der Waals surface area contributed by atoms with Crippen LogP contribution in [0.25, 0.3) is 54.6 Å². The van der Waals surface area contributed by atoms with Crippen molar-refractivity contribution < 1.29 is 0 Å². The summed E-state index contributed by atoms with van der Waals surface area (Å²) in [5.74, 6) is 0. The highest BCUT2D eigenvalue weighted by Crippen LogP contribution is 2.37. The van der Waals surface area contributed by atoms with Gasteiger partial charge in [-0.2, -0.15) is 0 Å². The molecule has 0 aliphatic heterocycles. The molecule has 0 heteroatoms. The molecule has 31 heavy (non-hydrogen) atoms. The van der Waals surface area contributed by atoms with Gasteiger partial charge >= 0.3 is 0 Å². The van der Waals surface area contributed by atoms with Crippen LogP contribution in [0.2, 0.25) is 0 Å². The molecule has 0 N–H and O–H groups in total. The summed E-state index contributed by atoms with van der Waals surface area (Å²) in [4.78, 5) is 0. The van der Waals surface area contributed by atoms with Crippen molar-refractivity contribution in [1.82, 2.24) is 0 Å². The van der Waals surface area contributed by atoms with Gasteiger partial charge in [-0.25, -0.2) is 0 Å². The van der Waals surface area contributed by atoms with Crippen LogP contribution in [0.5, 0.6) is 0 Å². The van der Waals surface area contributed by atoms with Crippen LogP contribution in [0.1, 0.15) is 5.56 Å². The summed E-state index contributed by atoms with van der Waals surface area (Å²) >= 11 is 0. The molecule has 146 valence electrons. The molecule has 0 fully saturated rings. The summed E-state index contributed by atoms with van der Waals surface area (Å²) in [5, 5.41) is 7.90. The maximum absolute atomic E-state index is 2.35. The van der Waals surface area contributed by atoms with Crippen molar-refractivity contribution in [2.24, 2.45) is 0 Å². The van der Waals surface area contributed by atoms with E-state index in [2.05, 4.69) is 122 Å². The van der Waals surface area contributed by atoms with Crippen LogP contribution in [0.15, 0.2) is 115 Å². The molecule has 0 aliphatic rings. The first kappa shape index (κ1) is 17.9. The number of hydrogen-bond donors (Lipinski definition) is 0. The fraction of sp³-hybridized carbons (Fsp3) is 0.0323. The molecule has 0 heterocycles. The summed E-state index contributed by atoms with van der Waals surface area (Å²) in [6.07, 6.45) is 0. The average molecular weight is 395 g/mol. The van der Waals surface area contributed by atoms with E-state index in [0.717, 1.165) is 0 Å². The Morgan fingerprint density at radius 1 is 0.323 bits per heavy atom. The molecular weight excluding hydrogens is 372 g/mol. The lowest BCUT2D eigenvalue weighted by Crippen LogP contribution is -1.85. The maximum Gasteiger partial charge on any atom is -0.00928 e. The van der Waals surface area contributed by atoms with Crippen molar-refractivity contribution in [2.45, 2.75) is 6.92 Å². The van der Waals surface area contributed by atoms with Gasteiger partial charge in [0, 0.05) is 0 Å². The van der Waals surface area contributed by atoms with Crippen LogP contribution in [-0.4, -0.2) is 0 Å². The molecule has 0 aliphatic carbocycles. The van der Waals surface area contributed by atoms with Gasteiger partial charge in [-0.3, -0.25) is 0 Å². The van der Waals surface area contributed by atoms with Crippen molar-refractivity contribution >= 4 is 32.3 Å². The lowest BCUT2D eigenvalue weighted by Gasteiger charge is -2.12. The van der Waals surface area contributed by atoms with E-state index in [4.69, 9.17) is 0 Å². The molecule has 0 saturated heterocycles. The highest BCUT2D eigenvalue weighted by molar-refractivity contribution is 6.25. The number of aryl methyl sites for hydroxylation is 1. The first-order valence-electron chi connectivity index (χ1n) is 10.8. The summed E-state index contributed by atoms with van der Waals surface area (Å²) in [6.45, 7) is 2.12. The van der Waals surface area contributed by atoms with Gasteiger partial charge in [0.2, 0.25) is 0 Å². The largest absolute Gasteiger partial charge is 0.0616 e. The van der Waals surface area contributed by atoms with E-state index < -0.39 is 0 Å². The molecule has 6 aromatic rings. The van der Waals surface area contributed by atoms with E-state index in [-0.39, 0.29) is 0 Å². The van der Waals surface area contributed by atoms with Gasteiger partial charge in [0.25, 0.3) is 0 Å². The Labute approximate surface area is 182 Å². The minimum Gasteiger partial charge on any atom is -0.0616 e. The van der Waals surface area contributed by atoms with Crippen molar-refractivity contribution in [3.8, 4) is 22.3 Å². The van der Waals surface area contributed by atoms with E-state index in [1.165, 1.54) is 60.1 Å². The highest BCUT2D eigenvalue weighted by atomic mass is 14.1. The first-order valence-corrected chi connectivity index (χ1v) is 10.8. The Morgan fingerprint density at radius 3 is 1.19 bits per heavy atom. The fourth-order valence-corrected chi connectivity index (χ4v) is 4.69.